The lowest BCUT2D eigenvalue weighted by Gasteiger charge is -1.88. The third kappa shape index (κ3) is 1.05. The molecule has 0 radical (unpaired) electrons. The molecule has 0 atom stereocenters. The monoisotopic (exact) mass is 168 g/mol. The van der Waals surface area contributed by atoms with Crippen molar-refractivity contribution in [2.75, 3.05) is 0 Å². The van der Waals surface area contributed by atoms with Gasteiger partial charge < -0.3 is 0 Å². The summed E-state index contributed by atoms with van der Waals surface area (Å²) < 4.78 is 1.41. The molecule has 0 spiro atoms. The van der Waals surface area contributed by atoms with E-state index in [4.69, 9.17) is 11.6 Å². The second-order valence-electron chi connectivity index (χ2n) is 2.16. The zero-order valence-electron chi connectivity index (χ0n) is 5.82. The van der Waals surface area contributed by atoms with Gasteiger partial charge in [-0.05, 0) is 19.1 Å². The summed E-state index contributed by atoms with van der Waals surface area (Å²) >= 11 is 5.63. The highest BCUT2D eigenvalue weighted by atomic mass is 35.5. The quantitative estimate of drug-likeness (QED) is 0.592. The second kappa shape index (κ2) is 2.17. The van der Waals surface area contributed by atoms with Gasteiger partial charge in [-0.1, -0.05) is 11.6 Å². The Kier molecular flexibility index (Phi) is 1.29. The minimum Gasteiger partial charge on any atom is -0.210 e. The number of hydrogen-bond donors (Lipinski definition) is 0. The summed E-state index contributed by atoms with van der Waals surface area (Å²) in [4.78, 5) is 4.08. The molecule has 0 aromatic carbocycles. The van der Waals surface area contributed by atoms with Crippen LogP contribution in [-0.2, 0) is 0 Å². The molecule has 2 aromatic rings. The molecule has 0 unspecified atom stereocenters. The summed E-state index contributed by atoms with van der Waals surface area (Å²) in [7, 11) is 0. The minimum absolute atomic E-state index is 0.419. The number of fused-ring (bicyclic) bond motifs is 1. The Balaban J connectivity index is 2.82. The molecule has 0 saturated heterocycles. The van der Waals surface area contributed by atoms with Crippen LogP contribution in [0.25, 0.3) is 5.65 Å². The van der Waals surface area contributed by atoms with E-state index < -0.39 is 0 Å². The van der Waals surface area contributed by atoms with Gasteiger partial charge in [0.2, 0.25) is 0 Å². The van der Waals surface area contributed by atoms with E-state index in [1.165, 1.54) is 4.63 Å². The predicted octanol–water partition coefficient (Wildman–Crippen LogP) is 1.09. The maximum absolute atomic E-state index is 5.63. The molecule has 11 heavy (non-hydrogen) atoms. The van der Waals surface area contributed by atoms with Gasteiger partial charge in [0.05, 0.1) is 0 Å². The van der Waals surface area contributed by atoms with Crippen LogP contribution in [0.3, 0.4) is 0 Å². The van der Waals surface area contributed by atoms with Gasteiger partial charge >= 0.3 is 0 Å². The average molecular weight is 169 g/mol. The maximum atomic E-state index is 5.63. The van der Waals surface area contributed by atoms with Crippen LogP contribution in [0.2, 0.25) is 5.15 Å². The maximum Gasteiger partial charge on any atom is 0.176 e. The van der Waals surface area contributed by atoms with E-state index in [0.717, 1.165) is 0 Å². The van der Waals surface area contributed by atoms with E-state index in [9.17, 15) is 0 Å². The summed E-state index contributed by atoms with van der Waals surface area (Å²) in [5, 5.41) is 8.31. The van der Waals surface area contributed by atoms with Crippen LogP contribution >= 0.6 is 11.6 Å². The highest BCUT2D eigenvalue weighted by Crippen LogP contribution is 2.04. The van der Waals surface area contributed by atoms with E-state index in [1.807, 2.05) is 6.92 Å². The first-order valence-corrected chi connectivity index (χ1v) is 3.50. The SMILES string of the molecule is Cc1nc2ccc(Cl)nn2n1. The van der Waals surface area contributed by atoms with Gasteiger partial charge in [0.1, 0.15) is 5.82 Å². The summed E-state index contributed by atoms with van der Waals surface area (Å²) in [6.07, 6.45) is 0. The molecule has 2 rings (SSSR count). The van der Waals surface area contributed by atoms with Gasteiger partial charge in [0.25, 0.3) is 0 Å². The minimum atomic E-state index is 0.419. The summed E-state index contributed by atoms with van der Waals surface area (Å²) in [5.74, 6) is 0.694. The largest absolute Gasteiger partial charge is 0.210 e. The Labute approximate surface area is 67.8 Å². The van der Waals surface area contributed by atoms with Gasteiger partial charge in [0, 0.05) is 0 Å². The van der Waals surface area contributed by atoms with Crippen molar-refractivity contribution >= 4 is 17.2 Å². The first kappa shape index (κ1) is 6.54. The lowest BCUT2D eigenvalue weighted by molar-refractivity contribution is 0.788. The molecule has 5 heteroatoms. The van der Waals surface area contributed by atoms with Gasteiger partial charge in [0.15, 0.2) is 10.8 Å². The van der Waals surface area contributed by atoms with Crippen molar-refractivity contribution in [1.29, 1.82) is 0 Å². The Morgan fingerprint density at radius 3 is 3.00 bits per heavy atom. The third-order valence-corrected chi connectivity index (χ3v) is 1.48. The van der Waals surface area contributed by atoms with Gasteiger partial charge in [-0.15, -0.1) is 14.8 Å². The molecular weight excluding hydrogens is 164 g/mol. The number of nitrogens with zero attached hydrogens (tertiary/aromatic N) is 4. The Hall–Kier alpha value is -1.16. The zero-order chi connectivity index (χ0) is 7.84. The second-order valence-corrected chi connectivity index (χ2v) is 2.55. The van der Waals surface area contributed by atoms with Crippen molar-refractivity contribution in [3.05, 3.63) is 23.1 Å². The fourth-order valence-corrected chi connectivity index (χ4v) is 1.00. The molecule has 2 heterocycles. The molecule has 4 nitrogen and oxygen atoms in total. The van der Waals surface area contributed by atoms with Crippen molar-refractivity contribution in [3.63, 3.8) is 0 Å². The van der Waals surface area contributed by atoms with Crippen molar-refractivity contribution in [2.24, 2.45) is 0 Å². The van der Waals surface area contributed by atoms with E-state index >= 15 is 0 Å². The van der Waals surface area contributed by atoms with E-state index in [2.05, 4.69) is 15.2 Å². The lowest BCUT2D eigenvalue weighted by atomic mass is 10.6. The number of hydrogen-bond acceptors (Lipinski definition) is 3. The molecule has 2 aromatic heterocycles. The number of rotatable bonds is 0. The van der Waals surface area contributed by atoms with E-state index in [0.29, 0.717) is 16.6 Å². The first-order chi connectivity index (χ1) is 5.25. The smallest absolute Gasteiger partial charge is 0.176 e. The fourth-order valence-electron chi connectivity index (χ4n) is 0.866. The van der Waals surface area contributed by atoms with Gasteiger partial charge in [-0.2, -0.15) is 0 Å². The van der Waals surface area contributed by atoms with Crippen molar-refractivity contribution in [2.45, 2.75) is 6.92 Å². The Bertz CT molecular complexity index is 394. The summed E-state index contributed by atoms with van der Waals surface area (Å²) in [6.45, 7) is 1.81. The molecule has 0 aliphatic carbocycles. The first-order valence-electron chi connectivity index (χ1n) is 3.12. The highest BCUT2D eigenvalue weighted by molar-refractivity contribution is 6.29. The predicted molar refractivity (Wildman–Crippen MR) is 40.5 cm³/mol. The van der Waals surface area contributed by atoms with Crippen molar-refractivity contribution < 1.29 is 0 Å². The number of aromatic nitrogens is 4. The van der Waals surface area contributed by atoms with E-state index in [-0.39, 0.29) is 0 Å². The van der Waals surface area contributed by atoms with Crippen LogP contribution in [0.1, 0.15) is 5.82 Å². The fraction of sp³-hybridized carbons (Fsp3) is 0.167. The molecule has 0 aliphatic rings. The Morgan fingerprint density at radius 2 is 2.18 bits per heavy atom. The Morgan fingerprint density at radius 1 is 1.36 bits per heavy atom. The van der Waals surface area contributed by atoms with Crippen LogP contribution in [0, 0.1) is 6.92 Å². The average Bonchev–Trinajstić information content (AvgIpc) is 2.27. The van der Waals surface area contributed by atoms with Crippen LogP contribution < -0.4 is 0 Å². The topological polar surface area (TPSA) is 43.1 Å². The summed E-state index contributed by atoms with van der Waals surface area (Å²) in [6, 6.07) is 3.46. The van der Waals surface area contributed by atoms with Crippen LogP contribution in [0.15, 0.2) is 12.1 Å². The van der Waals surface area contributed by atoms with Crippen molar-refractivity contribution in [1.82, 2.24) is 19.8 Å². The number of aryl methyl sites for hydroxylation is 1. The van der Waals surface area contributed by atoms with Crippen LogP contribution in [0.4, 0.5) is 0 Å². The van der Waals surface area contributed by atoms with Crippen LogP contribution in [-0.4, -0.2) is 19.8 Å². The van der Waals surface area contributed by atoms with E-state index in [1.54, 1.807) is 12.1 Å². The van der Waals surface area contributed by atoms with Crippen molar-refractivity contribution in [3.8, 4) is 0 Å². The lowest BCUT2D eigenvalue weighted by Crippen LogP contribution is -1.92. The molecule has 0 amide bonds. The number of halogens is 1. The zero-order valence-corrected chi connectivity index (χ0v) is 6.58. The summed E-state index contributed by atoms with van der Waals surface area (Å²) in [5.41, 5.74) is 0.715. The molecule has 0 bridgehead atoms. The standard InChI is InChI=1S/C6H5ClN4/c1-4-8-6-3-2-5(7)10-11(6)9-4/h2-3H,1H3. The third-order valence-electron chi connectivity index (χ3n) is 1.28. The molecule has 0 aliphatic heterocycles. The molecule has 0 saturated carbocycles. The molecule has 0 fully saturated rings. The van der Waals surface area contributed by atoms with Gasteiger partial charge in [-0.3, -0.25) is 0 Å². The molecular formula is C6H5ClN4. The van der Waals surface area contributed by atoms with Crippen LogP contribution in [0.5, 0.6) is 0 Å². The molecule has 0 N–H and O–H groups in total. The normalized spacial score (nSPS) is 10.7. The highest BCUT2D eigenvalue weighted by Gasteiger charge is 1.98. The molecule has 56 valence electrons. The van der Waals surface area contributed by atoms with Gasteiger partial charge in [-0.25, -0.2) is 4.98 Å².